The fraction of sp³-hybridized carbons (Fsp3) is 0.214. The maximum atomic E-state index is 12.5. The van der Waals surface area contributed by atoms with Crippen LogP contribution < -0.4 is 5.73 Å². The highest BCUT2D eigenvalue weighted by Crippen LogP contribution is 2.20. The Hall–Kier alpha value is -1.70. The number of benzene rings is 1. The van der Waals surface area contributed by atoms with Crippen molar-refractivity contribution < 1.29 is 12.8 Å². The van der Waals surface area contributed by atoms with Crippen LogP contribution >= 0.6 is 12.2 Å². The van der Waals surface area contributed by atoms with Gasteiger partial charge in [0.25, 0.3) is 0 Å². The highest BCUT2D eigenvalue weighted by Gasteiger charge is 2.22. The number of rotatable bonds is 5. The number of hydrogen-bond acceptors (Lipinski definition) is 4. The van der Waals surface area contributed by atoms with Crippen LogP contribution in [0.15, 0.2) is 45.9 Å². The lowest BCUT2D eigenvalue weighted by Gasteiger charge is -2.17. The van der Waals surface area contributed by atoms with E-state index < -0.39 is 10.0 Å². The first-order chi connectivity index (χ1) is 9.82. The standard InChI is InChI=1S/C14H16N2O3S2/c1-10-8-12(5-6-13(10)14(15)20)21(17,18)16(2)9-11-4-3-7-19-11/h3-8H,9H2,1-2H3,(H2,15,20). The quantitative estimate of drug-likeness (QED) is 0.852. The van der Waals surface area contributed by atoms with E-state index in [0.29, 0.717) is 11.3 Å². The molecule has 21 heavy (non-hydrogen) atoms. The maximum absolute atomic E-state index is 12.5. The number of aryl methyl sites for hydroxylation is 1. The zero-order chi connectivity index (χ0) is 15.6. The van der Waals surface area contributed by atoms with Crippen LogP contribution in [0.2, 0.25) is 0 Å². The fourth-order valence-electron chi connectivity index (χ4n) is 1.96. The van der Waals surface area contributed by atoms with E-state index >= 15 is 0 Å². The molecule has 0 atom stereocenters. The Bertz CT molecular complexity index is 753. The molecule has 5 nitrogen and oxygen atoms in total. The van der Waals surface area contributed by atoms with Gasteiger partial charge in [0.1, 0.15) is 10.7 Å². The van der Waals surface area contributed by atoms with Crippen molar-refractivity contribution in [1.29, 1.82) is 0 Å². The molecule has 1 aromatic carbocycles. The molecular weight excluding hydrogens is 308 g/mol. The summed E-state index contributed by atoms with van der Waals surface area (Å²) in [5.41, 5.74) is 6.99. The van der Waals surface area contributed by atoms with Gasteiger partial charge in [-0.2, -0.15) is 4.31 Å². The van der Waals surface area contributed by atoms with Gasteiger partial charge in [-0.25, -0.2) is 8.42 Å². The molecule has 0 fully saturated rings. The lowest BCUT2D eigenvalue weighted by atomic mass is 10.1. The van der Waals surface area contributed by atoms with E-state index in [1.807, 2.05) is 0 Å². The molecule has 2 rings (SSSR count). The molecule has 0 amide bonds. The molecule has 0 saturated heterocycles. The van der Waals surface area contributed by atoms with Gasteiger partial charge in [0.05, 0.1) is 17.7 Å². The molecule has 0 radical (unpaired) electrons. The lowest BCUT2D eigenvalue weighted by Crippen LogP contribution is -2.26. The van der Waals surface area contributed by atoms with Crippen molar-refractivity contribution in [2.24, 2.45) is 5.73 Å². The Morgan fingerprint density at radius 2 is 2.10 bits per heavy atom. The highest BCUT2D eigenvalue weighted by molar-refractivity contribution is 7.89. The molecule has 2 N–H and O–H groups in total. The Balaban J connectivity index is 2.31. The van der Waals surface area contributed by atoms with E-state index in [-0.39, 0.29) is 16.4 Å². The summed E-state index contributed by atoms with van der Waals surface area (Å²) in [5.74, 6) is 0.581. The minimum absolute atomic E-state index is 0.172. The molecule has 1 heterocycles. The molecule has 1 aromatic heterocycles. The summed E-state index contributed by atoms with van der Waals surface area (Å²) in [4.78, 5) is 0.453. The van der Waals surface area contributed by atoms with Gasteiger partial charge in [0, 0.05) is 12.6 Å². The molecule has 0 aliphatic heterocycles. The topological polar surface area (TPSA) is 76.5 Å². The first kappa shape index (κ1) is 15.7. The van der Waals surface area contributed by atoms with Crippen LogP contribution in [0, 0.1) is 6.92 Å². The molecule has 0 spiro atoms. The van der Waals surface area contributed by atoms with Gasteiger partial charge in [-0.3, -0.25) is 0 Å². The van der Waals surface area contributed by atoms with Gasteiger partial charge in [0.2, 0.25) is 10.0 Å². The summed E-state index contributed by atoms with van der Waals surface area (Å²) in [6.45, 7) is 1.95. The molecule has 0 bridgehead atoms. The van der Waals surface area contributed by atoms with Crippen molar-refractivity contribution in [2.75, 3.05) is 7.05 Å². The number of hydrogen-bond donors (Lipinski definition) is 1. The maximum Gasteiger partial charge on any atom is 0.243 e. The summed E-state index contributed by atoms with van der Waals surface area (Å²) in [6.07, 6.45) is 1.51. The predicted octanol–water partition coefficient (Wildman–Crippen LogP) is 2.04. The van der Waals surface area contributed by atoms with Crippen LogP contribution in [0.3, 0.4) is 0 Å². The molecule has 0 aliphatic carbocycles. The summed E-state index contributed by atoms with van der Waals surface area (Å²) in [6, 6.07) is 8.16. The van der Waals surface area contributed by atoms with Gasteiger partial charge in [0.15, 0.2) is 0 Å². The summed E-state index contributed by atoms with van der Waals surface area (Å²) >= 11 is 4.92. The van der Waals surface area contributed by atoms with E-state index in [4.69, 9.17) is 22.4 Å². The first-order valence-electron chi connectivity index (χ1n) is 6.21. The second-order valence-corrected chi connectivity index (χ2v) is 7.17. The zero-order valence-electron chi connectivity index (χ0n) is 11.7. The average molecular weight is 324 g/mol. The second-order valence-electron chi connectivity index (χ2n) is 4.68. The van der Waals surface area contributed by atoms with Crippen LogP contribution in [-0.4, -0.2) is 24.8 Å². The number of thiocarbonyl (C=S) groups is 1. The largest absolute Gasteiger partial charge is 0.468 e. The Kier molecular flexibility index (Phi) is 4.46. The molecule has 0 aliphatic rings. The lowest BCUT2D eigenvalue weighted by molar-refractivity contribution is 0.406. The molecular formula is C14H16N2O3S2. The van der Waals surface area contributed by atoms with Crippen molar-refractivity contribution >= 4 is 27.2 Å². The Morgan fingerprint density at radius 3 is 2.62 bits per heavy atom. The monoisotopic (exact) mass is 324 g/mol. The van der Waals surface area contributed by atoms with E-state index in [0.717, 1.165) is 5.56 Å². The van der Waals surface area contributed by atoms with Crippen LogP contribution in [0.25, 0.3) is 0 Å². The fourth-order valence-corrected chi connectivity index (χ4v) is 3.41. The number of furan rings is 1. The Labute approximate surface area is 129 Å². The van der Waals surface area contributed by atoms with Crippen molar-refractivity contribution in [3.63, 3.8) is 0 Å². The van der Waals surface area contributed by atoms with Gasteiger partial charge in [-0.15, -0.1) is 0 Å². The zero-order valence-corrected chi connectivity index (χ0v) is 13.4. The number of nitrogens with two attached hydrogens (primary N) is 1. The third kappa shape index (κ3) is 3.31. The molecule has 112 valence electrons. The number of nitrogens with zero attached hydrogens (tertiary/aromatic N) is 1. The second kappa shape index (κ2) is 5.97. The highest BCUT2D eigenvalue weighted by atomic mass is 32.2. The predicted molar refractivity (Wildman–Crippen MR) is 84.4 cm³/mol. The summed E-state index contributed by atoms with van der Waals surface area (Å²) < 4.78 is 31.4. The molecule has 0 unspecified atom stereocenters. The van der Waals surface area contributed by atoms with Gasteiger partial charge < -0.3 is 10.2 Å². The van der Waals surface area contributed by atoms with Crippen LogP contribution in [0.5, 0.6) is 0 Å². The van der Waals surface area contributed by atoms with Gasteiger partial charge >= 0.3 is 0 Å². The van der Waals surface area contributed by atoms with E-state index in [1.165, 1.54) is 23.7 Å². The van der Waals surface area contributed by atoms with Crippen molar-refractivity contribution in [3.8, 4) is 0 Å². The van der Waals surface area contributed by atoms with Crippen LogP contribution in [0.4, 0.5) is 0 Å². The smallest absolute Gasteiger partial charge is 0.243 e. The summed E-state index contributed by atoms with van der Waals surface area (Å²) in [7, 11) is -2.08. The molecule has 7 heteroatoms. The van der Waals surface area contributed by atoms with Crippen molar-refractivity contribution in [1.82, 2.24) is 4.31 Å². The minimum atomic E-state index is -3.59. The third-order valence-corrected chi connectivity index (χ3v) is 5.15. The van der Waals surface area contributed by atoms with Gasteiger partial charge in [-0.1, -0.05) is 18.3 Å². The minimum Gasteiger partial charge on any atom is -0.468 e. The van der Waals surface area contributed by atoms with Crippen molar-refractivity contribution in [2.45, 2.75) is 18.4 Å². The van der Waals surface area contributed by atoms with Crippen LogP contribution in [0.1, 0.15) is 16.9 Å². The summed E-state index contributed by atoms with van der Waals surface area (Å²) in [5, 5.41) is 0. The third-order valence-electron chi connectivity index (χ3n) is 3.13. The first-order valence-corrected chi connectivity index (χ1v) is 8.06. The number of sulfonamides is 1. The molecule has 0 saturated carbocycles. The molecule has 2 aromatic rings. The normalized spacial score (nSPS) is 11.8. The SMILES string of the molecule is Cc1cc(S(=O)(=O)N(C)Cc2ccco2)ccc1C(N)=S. The van der Waals surface area contributed by atoms with E-state index in [1.54, 1.807) is 31.2 Å². The van der Waals surface area contributed by atoms with E-state index in [2.05, 4.69) is 0 Å². The van der Waals surface area contributed by atoms with Crippen molar-refractivity contribution in [3.05, 3.63) is 53.5 Å². The van der Waals surface area contributed by atoms with E-state index in [9.17, 15) is 8.42 Å². The Morgan fingerprint density at radius 1 is 1.38 bits per heavy atom. The van der Waals surface area contributed by atoms with Gasteiger partial charge in [-0.05, 0) is 36.8 Å². The average Bonchev–Trinajstić information content (AvgIpc) is 2.90. The van der Waals surface area contributed by atoms with Crippen LogP contribution in [-0.2, 0) is 16.6 Å².